The van der Waals surface area contributed by atoms with Crippen LogP contribution in [-0.4, -0.2) is 50.7 Å². The van der Waals surface area contributed by atoms with Crippen molar-refractivity contribution in [2.24, 2.45) is 5.14 Å². The average Bonchev–Trinajstić information content (AvgIpc) is 3.11. The van der Waals surface area contributed by atoms with Crippen molar-refractivity contribution in [3.05, 3.63) is 35.9 Å². The Kier molecular flexibility index (Phi) is 5.99. The Balaban J connectivity index is 1.56. The summed E-state index contributed by atoms with van der Waals surface area (Å²) in [6.07, 6.45) is 5.89. The topological polar surface area (TPSA) is 92.5 Å². The molecule has 1 saturated heterocycles. The molecule has 1 aromatic rings. The van der Waals surface area contributed by atoms with E-state index in [1.807, 2.05) is 11.0 Å². The van der Waals surface area contributed by atoms with Gasteiger partial charge in [-0.25, -0.2) is 13.6 Å². The zero-order valence-electron chi connectivity index (χ0n) is 15.2. The highest BCUT2D eigenvalue weighted by Crippen LogP contribution is 2.40. The molecule has 144 valence electrons. The van der Waals surface area contributed by atoms with Gasteiger partial charge in [-0.1, -0.05) is 43.2 Å². The van der Waals surface area contributed by atoms with E-state index in [-0.39, 0.29) is 17.9 Å². The lowest BCUT2D eigenvalue weighted by atomic mass is 9.79. The minimum atomic E-state index is -3.54. The number of carbonyl (C=O) groups is 1. The first kappa shape index (κ1) is 19.3. The monoisotopic (exact) mass is 379 g/mol. The van der Waals surface area contributed by atoms with E-state index < -0.39 is 15.3 Å². The van der Waals surface area contributed by atoms with Crippen LogP contribution in [0.5, 0.6) is 0 Å². The number of sulfonamides is 1. The van der Waals surface area contributed by atoms with Crippen LogP contribution in [0, 0.1) is 0 Å². The summed E-state index contributed by atoms with van der Waals surface area (Å²) < 4.78 is 23.1. The SMILES string of the molecule is NS(=O)(=O)[C@H]1CCCN(CC(=O)NCC2(c3ccccc3)CCCC2)C1. The van der Waals surface area contributed by atoms with Crippen LogP contribution >= 0.6 is 0 Å². The average molecular weight is 380 g/mol. The summed E-state index contributed by atoms with van der Waals surface area (Å²) in [5, 5.41) is 7.81. The van der Waals surface area contributed by atoms with Crippen molar-refractivity contribution in [3.63, 3.8) is 0 Å². The summed E-state index contributed by atoms with van der Waals surface area (Å²) in [5.41, 5.74) is 1.33. The quantitative estimate of drug-likeness (QED) is 0.781. The molecule has 1 atom stereocenters. The Morgan fingerprint density at radius 1 is 1.19 bits per heavy atom. The number of hydrogen-bond donors (Lipinski definition) is 2. The van der Waals surface area contributed by atoms with E-state index in [0.717, 1.165) is 25.8 Å². The lowest BCUT2D eigenvalue weighted by Gasteiger charge is -2.32. The maximum absolute atomic E-state index is 12.5. The number of piperidine rings is 1. The summed E-state index contributed by atoms with van der Waals surface area (Å²) in [7, 11) is -3.54. The van der Waals surface area contributed by atoms with Crippen LogP contribution in [0.2, 0.25) is 0 Å². The molecule has 1 heterocycles. The number of carbonyl (C=O) groups excluding carboxylic acids is 1. The van der Waals surface area contributed by atoms with Crippen molar-refractivity contribution in [2.45, 2.75) is 49.2 Å². The maximum atomic E-state index is 12.5. The second-order valence-corrected chi connectivity index (χ2v) is 9.56. The van der Waals surface area contributed by atoms with Gasteiger partial charge < -0.3 is 5.32 Å². The summed E-state index contributed by atoms with van der Waals surface area (Å²) >= 11 is 0. The maximum Gasteiger partial charge on any atom is 0.234 e. The molecule has 0 unspecified atom stereocenters. The number of nitrogens with zero attached hydrogens (tertiary/aromatic N) is 1. The molecule has 1 aliphatic heterocycles. The van der Waals surface area contributed by atoms with Crippen molar-refractivity contribution in [2.75, 3.05) is 26.2 Å². The number of amides is 1. The van der Waals surface area contributed by atoms with Gasteiger partial charge in [-0.3, -0.25) is 9.69 Å². The lowest BCUT2D eigenvalue weighted by molar-refractivity contribution is -0.122. The molecule has 1 aliphatic carbocycles. The number of nitrogens with one attached hydrogen (secondary N) is 1. The van der Waals surface area contributed by atoms with Gasteiger partial charge in [0.25, 0.3) is 0 Å². The fourth-order valence-electron chi connectivity index (χ4n) is 4.36. The molecule has 7 heteroatoms. The third kappa shape index (κ3) is 4.64. The Labute approximate surface area is 156 Å². The predicted molar refractivity (Wildman–Crippen MR) is 102 cm³/mol. The molecule has 6 nitrogen and oxygen atoms in total. The van der Waals surface area contributed by atoms with Crippen LogP contribution in [0.3, 0.4) is 0 Å². The van der Waals surface area contributed by atoms with Gasteiger partial charge in [0, 0.05) is 18.5 Å². The van der Waals surface area contributed by atoms with E-state index in [1.54, 1.807) is 0 Å². The van der Waals surface area contributed by atoms with E-state index in [1.165, 1.54) is 18.4 Å². The smallest absolute Gasteiger partial charge is 0.234 e. The van der Waals surface area contributed by atoms with Crippen LogP contribution in [0.4, 0.5) is 0 Å². The number of rotatable bonds is 6. The van der Waals surface area contributed by atoms with E-state index in [4.69, 9.17) is 5.14 Å². The second kappa shape index (κ2) is 8.06. The number of hydrogen-bond acceptors (Lipinski definition) is 4. The molecule has 0 spiro atoms. The lowest BCUT2D eigenvalue weighted by Crippen LogP contribution is -2.49. The van der Waals surface area contributed by atoms with Gasteiger partial charge in [-0.15, -0.1) is 0 Å². The van der Waals surface area contributed by atoms with Crippen molar-refractivity contribution >= 4 is 15.9 Å². The van der Waals surface area contributed by atoms with Gasteiger partial charge >= 0.3 is 0 Å². The van der Waals surface area contributed by atoms with E-state index in [2.05, 4.69) is 29.6 Å². The molecule has 26 heavy (non-hydrogen) atoms. The normalized spacial score (nSPS) is 23.7. The van der Waals surface area contributed by atoms with Crippen LogP contribution < -0.4 is 10.5 Å². The molecule has 0 bridgehead atoms. The van der Waals surface area contributed by atoms with Gasteiger partial charge in [0.15, 0.2) is 0 Å². The number of likely N-dealkylation sites (tertiary alicyclic amines) is 1. The van der Waals surface area contributed by atoms with Crippen molar-refractivity contribution in [3.8, 4) is 0 Å². The third-order valence-electron chi connectivity index (χ3n) is 5.86. The molecule has 1 amide bonds. The zero-order chi connectivity index (χ0) is 18.6. The van der Waals surface area contributed by atoms with E-state index >= 15 is 0 Å². The predicted octanol–water partition coefficient (Wildman–Crippen LogP) is 1.37. The minimum absolute atomic E-state index is 0.0297. The van der Waals surface area contributed by atoms with Crippen LogP contribution in [0.15, 0.2) is 30.3 Å². The van der Waals surface area contributed by atoms with Gasteiger partial charge in [-0.05, 0) is 37.8 Å². The summed E-state index contributed by atoms with van der Waals surface area (Å²) in [6.45, 7) is 1.96. The summed E-state index contributed by atoms with van der Waals surface area (Å²) in [6, 6.07) is 10.4. The number of benzene rings is 1. The van der Waals surface area contributed by atoms with Crippen LogP contribution in [0.25, 0.3) is 0 Å². The molecular weight excluding hydrogens is 350 g/mol. The minimum Gasteiger partial charge on any atom is -0.354 e. The number of nitrogens with two attached hydrogens (primary N) is 1. The molecule has 2 aliphatic rings. The van der Waals surface area contributed by atoms with Crippen LogP contribution in [-0.2, 0) is 20.2 Å². The van der Waals surface area contributed by atoms with Crippen molar-refractivity contribution in [1.82, 2.24) is 10.2 Å². The van der Waals surface area contributed by atoms with Crippen molar-refractivity contribution < 1.29 is 13.2 Å². The molecule has 3 rings (SSSR count). The van der Waals surface area contributed by atoms with E-state index in [9.17, 15) is 13.2 Å². The highest BCUT2D eigenvalue weighted by atomic mass is 32.2. The van der Waals surface area contributed by atoms with Gasteiger partial charge in [0.05, 0.1) is 11.8 Å². The fourth-order valence-corrected chi connectivity index (χ4v) is 5.28. The standard InChI is InChI=1S/C19H29N3O3S/c20-26(24,25)17-9-6-12-22(13-17)14-18(23)21-15-19(10-4-5-11-19)16-7-2-1-3-8-16/h1-3,7-8,17H,4-6,9-15H2,(H,21,23)(H2,20,24,25)/t17-/m0/s1. The molecule has 3 N–H and O–H groups in total. The Morgan fingerprint density at radius 3 is 2.54 bits per heavy atom. The largest absolute Gasteiger partial charge is 0.354 e. The van der Waals surface area contributed by atoms with Crippen molar-refractivity contribution in [1.29, 1.82) is 0 Å². The molecule has 1 aromatic carbocycles. The van der Waals surface area contributed by atoms with E-state index in [0.29, 0.717) is 19.5 Å². The first-order chi connectivity index (χ1) is 12.4. The highest BCUT2D eigenvalue weighted by Gasteiger charge is 2.36. The molecule has 0 radical (unpaired) electrons. The summed E-state index contributed by atoms with van der Waals surface area (Å²) in [5.74, 6) is -0.0396. The highest BCUT2D eigenvalue weighted by molar-refractivity contribution is 7.89. The summed E-state index contributed by atoms with van der Waals surface area (Å²) in [4.78, 5) is 14.4. The fraction of sp³-hybridized carbons (Fsp3) is 0.632. The van der Waals surface area contributed by atoms with Gasteiger partial charge in [0.1, 0.15) is 0 Å². The molecular formula is C19H29N3O3S. The Bertz CT molecular complexity index is 715. The molecule has 1 saturated carbocycles. The third-order valence-corrected chi connectivity index (χ3v) is 7.18. The van der Waals surface area contributed by atoms with Gasteiger partial charge in [0.2, 0.25) is 15.9 Å². The first-order valence-corrected chi connectivity index (χ1v) is 11.1. The van der Waals surface area contributed by atoms with Crippen LogP contribution in [0.1, 0.15) is 44.1 Å². The Morgan fingerprint density at radius 2 is 1.88 bits per heavy atom. The second-order valence-electron chi connectivity index (χ2n) is 7.72. The molecule has 2 fully saturated rings. The first-order valence-electron chi connectivity index (χ1n) is 9.45. The Hall–Kier alpha value is -1.44. The molecule has 0 aromatic heterocycles. The zero-order valence-corrected chi connectivity index (χ0v) is 16.0. The number of primary sulfonamides is 1. The van der Waals surface area contributed by atoms with Gasteiger partial charge in [-0.2, -0.15) is 0 Å².